The number of hydrogen-bond donors (Lipinski definition) is 3. The normalized spacial score (nSPS) is 9.70. The first kappa shape index (κ1) is 18.9. The molecule has 0 aliphatic rings. The van der Waals surface area contributed by atoms with E-state index in [0.29, 0.717) is 24.6 Å². The average molecular weight is 323 g/mol. The topological polar surface area (TPSA) is 88.7 Å². The fourth-order valence-corrected chi connectivity index (χ4v) is 1.90. The second kappa shape index (κ2) is 12.9. The summed E-state index contributed by atoms with van der Waals surface area (Å²) in [6, 6.07) is 0. The summed E-state index contributed by atoms with van der Waals surface area (Å²) in [6.45, 7) is 1.78. The van der Waals surface area contributed by atoms with E-state index in [2.05, 4.69) is 24.8 Å². The van der Waals surface area contributed by atoms with Gasteiger partial charge in [-0.2, -0.15) is 0 Å². The lowest BCUT2D eigenvalue weighted by Crippen LogP contribution is -2.33. The molecular weight excluding hydrogens is 302 g/mol. The molecule has 0 amide bonds. The molecular formula is C11H21N3O4S2. The number of thiocarbonyl (C=S) groups is 1. The van der Waals surface area contributed by atoms with Crippen molar-refractivity contribution in [2.75, 3.05) is 39.6 Å². The lowest BCUT2D eigenvalue weighted by molar-refractivity contribution is -0.141. The van der Waals surface area contributed by atoms with Crippen molar-refractivity contribution in [3.05, 3.63) is 0 Å². The third-order valence-corrected chi connectivity index (χ3v) is 3.25. The number of esters is 2. The molecule has 0 radical (unpaired) electrons. The van der Waals surface area contributed by atoms with Crippen LogP contribution in [0.2, 0.25) is 0 Å². The Morgan fingerprint density at radius 3 is 2.25 bits per heavy atom. The molecule has 0 spiro atoms. The number of nitrogens with one attached hydrogen (secondary N) is 3. The van der Waals surface area contributed by atoms with Crippen LogP contribution >= 0.6 is 24.2 Å². The fourth-order valence-electron chi connectivity index (χ4n) is 1.07. The van der Waals surface area contributed by atoms with Crippen LogP contribution in [0.4, 0.5) is 0 Å². The van der Waals surface area contributed by atoms with Crippen molar-refractivity contribution in [2.24, 2.45) is 0 Å². The first-order chi connectivity index (χ1) is 9.60. The first-order valence-electron chi connectivity index (χ1n) is 6.10. The number of methoxy groups -OCH3 is 2. The van der Waals surface area contributed by atoms with Crippen molar-refractivity contribution in [1.82, 2.24) is 15.4 Å². The standard InChI is InChI=1S/C11H21N3O4S2/c1-17-9(15)3-5-12-7-8-20-14-11(19)13-6-4-10(16)18-2/h12H,3-8H2,1-2H3,(H2,13,14,19). The minimum Gasteiger partial charge on any atom is -0.469 e. The molecule has 0 unspecified atom stereocenters. The van der Waals surface area contributed by atoms with Gasteiger partial charge in [0.1, 0.15) is 0 Å². The van der Waals surface area contributed by atoms with Crippen molar-refractivity contribution < 1.29 is 19.1 Å². The van der Waals surface area contributed by atoms with Crippen LogP contribution in [-0.4, -0.2) is 56.7 Å². The lowest BCUT2D eigenvalue weighted by Gasteiger charge is -2.09. The van der Waals surface area contributed by atoms with E-state index < -0.39 is 0 Å². The van der Waals surface area contributed by atoms with Crippen molar-refractivity contribution in [3.63, 3.8) is 0 Å². The Labute approximate surface area is 128 Å². The molecule has 0 aliphatic heterocycles. The highest BCUT2D eigenvalue weighted by Gasteiger charge is 2.01. The molecule has 0 aromatic heterocycles. The third kappa shape index (κ3) is 12.0. The number of ether oxygens (including phenoxy) is 2. The van der Waals surface area contributed by atoms with E-state index in [-0.39, 0.29) is 18.4 Å². The van der Waals surface area contributed by atoms with Gasteiger partial charge >= 0.3 is 11.9 Å². The van der Waals surface area contributed by atoms with E-state index >= 15 is 0 Å². The smallest absolute Gasteiger partial charge is 0.307 e. The van der Waals surface area contributed by atoms with Crippen LogP contribution in [-0.2, 0) is 19.1 Å². The van der Waals surface area contributed by atoms with Crippen molar-refractivity contribution in [1.29, 1.82) is 0 Å². The van der Waals surface area contributed by atoms with Gasteiger partial charge < -0.3 is 24.8 Å². The Morgan fingerprint density at radius 2 is 1.65 bits per heavy atom. The first-order valence-corrected chi connectivity index (χ1v) is 7.49. The van der Waals surface area contributed by atoms with Crippen LogP contribution in [0.1, 0.15) is 12.8 Å². The predicted octanol–water partition coefficient (Wildman–Crippen LogP) is -0.185. The Hall–Kier alpha value is -1.06. The predicted molar refractivity (Wildman–Crippen MR) is 82.3 cm³/mol. The molecule has 20 heavy (non-hydrogen) atoms. The van der Waals surface area contributed by atoms with Crippen molar-refractivity contribution in [2.45, 2.75) is 12.8 Å². The maximum atomic E-state index is 10.9. The Bertz CT molecular complexity index is 316. The highest BCUT2D eigenvalue weighted by Crippen LogP contribution is 1.91. The monoisotopic (exact) mass is 323 g/mol. The van der Waals surface area contributed by atoms with E-state index in [1.807, 2.05) is 0 Å². The van der Waals surface area contributed by atoms with E-state index in [1.54, 1.807) is 0 Å². The van der Waals surface area contributed by atoms with Gasteiger partial charge in [0.2, 0.25) is 0 Å². The number of rotatable bonds is 10. The van der Waals surface area contributed by atoms with Crippen LogP contribution in [0.5, 0.6) is 0 Å². The molecule has 0 heterocycles. The van der Waals surface area contributed by atoms with Crippen LogP contribution in [0.15, 0.2) is 0 Å². The van der Waals surface area contributed by atoms with Crippen LogP contribution in [0.25, 0.3) is 0 Å². The van der Waals surface area contributed by atoms with Gasteiger partial charge in [0.05, 0.1) is 27.1 Å². The van der Waals surface area contributed by atoms with Crippen LogP contribution in [0.3, 0.4) is 0 Å². The highest BCUT2D eigenvalue weighted by molar-refractivity contribution is 7.98. The summed E-state index contributed by atoms with van der Waals surface area (Å²) in [5.41, 5.74) is 0. The van der Waals surface area contributed by atoms with Gasteiger partial charge in [-0.15, -0.1) is 0 Å². The zero-order valence-corrected chi connectivity index (χ0v) is 13.3. The molecule has 3 N–H and O–H groups in total. The summed E-state index contributed by atoms with van der Waals surface area (Å²) in [4.78, 5) is 21.7. The maximum Gasteiger partial charge on any atom is 0.307 e. The van der Waals surface area contributed by atoms with Gasteiger partial charge in [0.15, 0.2) is 5.11 Å². The van der Waals surface area contributed by atoms with E-state index in [9.17, 15) is 9.59 Å². The molecule has 0 fully saturated rings. The van der Waals surface area contributed by atoms with Gasteiger partial charge in [-0.1, -0.05) is 0 Å². The second-order valence-electron chi connectivity index (χ2n) is 3.61. The largest absolute Gasteiger partial charge is 0.469 e. The van der Waals surface area contributed by atoms with Crippen LogP contribution in [0, 0.1) is 0 Å². The summed E-state index contributed by atoms with van der Waals surface area (Å²) < 4.78 is 12.0. The number of hydrogen-bond acceptors (Lipinski definition) is 7. The molecule has 0 aromatic rings. The molecule has 0 bridgehead atoms. The average Bonchev–Trinajstić information content (AvgIpc) is 2.45. The summed E-state index contributed by atoms with van der Waals surface area (Å²) >= 11 is 6.46. The molecule has 7 nitrogen and oxygen atoms in total. The summed E-state index contributed by atoms with van der Waals surface area (Å²) in [5, 5.41) is 6.47. The summed E-state index contributed by atoms with van der Waals surface area (Å²) in [5.74, 6) is 0.294. The summed E-state index contributed by atoms with van der Waals surface area (Å²) in [6.07, 6.45) is 0.639. The van der Waals surface area contributed by atoms with Crippen molar-refractivity contribution >= 4 is 41.2 Å². The van der Waals surface area contributed by atoms with Gasteiger partial charge in [-0.25, -0.2) is 0 Å². The van der Waals surface area contributed by atoms with Gasteiger partial charge in [0, 0.05) is 25.4 Å². The van der Waals surface area contributed by atoms with Gasteiger partial charge in [-0.05, 0) is 24.2 Å². The molecule has 0 saturated heterocycles. The van der Waals surface area contributed by atoms with E-state index in [1.165, 1.54) is 26.2 Å². The SMILES string of the molecule is COC(=O)CCNCCSNC(=S)NCCC(=O)OC. The molecule has 0 atom stereocenters. The van der Waals surface area contributed by atoms with E-state index in [4.69, 9.17) is 12.2 Å². The highest BCUT2D eigenvalue weighted by atomic mass is 32.2. The second-order valence-corrected chi connectivity index (χ2v) is 4.92. The zero-order valence-electron chi connectivity index (χ0n) is 11.7. The molecule has 0 saturated carbocycles. The molecule has 116 valence electrons. The summed E-state index contributed by atoms with van der Waals surface area (Å²) in [7, 11) is 2.72. The zero-order chi connectivity index (χ0) is 15.2. The Kier molecular flexibility index (Phi) is 12.3. The maximum absolute atomic E-state index is 10.9. The molecule has 0 rings (SSSR count). The Morgan fingerprint density at radius 1 is 1.05 bits per heavy atom. The van der Waals surface area contributed by atoms with Crippen LogP contribution < -0.4 is 15.4 Å². The molecule has 9 heteroatoms. The molecule has 0 aliphatic carbocycles. The number of carbonyl (C=O) groups is 2. The van der Waals surface area contributed by atoms with Crippen molar-refractivity contribution in [3.8, 4) is 0 Å². The quantitative estimate of drug-likeness (QED) is 0.219. The van der Waals surface area contributed by atoms with Gasteiger partial charge in [-0.3, -0.25) is 9.59 Å². The molecule has 0 aromatic carbocycles. The lowest BCUT2D eigenvalue weighted by atomic mass is 10.4. The minimum atomic E-state index is -0.275. The number of carbonyl (C=O) groups excluding carboxylic acids is 2. The minimum absolute atomic E-state index is 0.223. The van der Waals surface area contributed by atoms with E-state index in [0.717, 1.165) is 12.3 Å². The fraction of sp³-hybridized carbons (Fsp3) is 0.727. The third-order valence-electron chi connectivity index (χ3n) is 2.12. The Balaban J connectivity index is 3.31. The van der Waals surface area contributed by atoms with Gasteiger partial charge in [0.25, 0.3) is 0 Å².